The van der Waals surface area contributed by atoms with Crippen LogP contribution in [0.2, 0.25) is 0 Å². The fraction of sp³-hybridized carbons (Fsp3) is 0.0426. The third-order valence-corrected chi connectivity index (χ3v) is 8.78. The van der Waals surface area contributed by atoms with Crippen LogP contribution in [0.3, 0.4) is 0 Å². The monoisotopic (exact) mass is 611 g/mol. The Kier molecular flexibility index (Phi) is 8.78. The first-order valence-electron chi connectivity index (χ1n) is 16.1. The van der Waals surface area contributed by atoms with Gasteiger partial charge in [-0.1, -0.05) is 200 Å². The first-order valence-corrected chi connectivity index (χ1v) is 16.1. The van der Waals surface area contributed by atoms with Gasteiger partial charge in [0.1, 0.15) is 16.5 Å². The van der Waals surface area contributed by atoms with E-state index in [4.69, 9.17) is 4.98 Å². The van der Waals surface area contributed by atoms with Gasteiger partial charge in [0.15, 0.2) is 0 Å². The first-order chi connectivity index (χ1) is 23.8. The molecule has 0 aliphatic heterocycles. The molecule has 1 heterocycles. The number of nitrogens with zero attached hydrogens (tertiary/aromatic N) is 1. The minimum Gasteiger partial charge on any atom is -0.246 e. The van der Waals surface area contributed by atoms with E-state index in [1.165, 1.54) is 0 Å². The minimum absolute atomic E-state index is 0.664. The molecule has 48 heavy (non-hydrogen) atoms. The molecular formula is C47H33N. The highest BCUT2D eigenvalue weighted by molar-refractivity contribution is 5.61. The molecule has 0 aliphatic carbocycles. The molecule has 0 spiro atoms. The number of hydrogen-bond acceptors (Lipinski definition) is 1. The van der Waals surface area contributed by atoms with E-state index in [0.717, 1.165) is 38.9 Å². The van der Waals surface area contributed by atoms with Crippen LogP contribution in [-0.4, -0.2) is 4.98 Å². The zero-order valence-electron chi connectivity index (χ0n) is 26.5. The highest BCUT2D eigenvalue weighted by Crippen LogP contribution is 2.40. The summed E-state index contributed by atoms with van der Waals surface area (Å²) in [6, 6.07) is 67.0. The number of hydrogen-bond donors (Lipinski definition) is 0. The molecule has 226 valence electrons. The van der Waals surface area contributed by atoms with Gasteiger partial charge in [-0.05, 0) is 51.4 Å². The summed E-state index contributed by atoms with van der Waals surface area (Å²) in [5.41, 5.74) is 6.84. The van der Waals surface area contributed by atoms with Gasteiger partial charge in [0.25, 0.3) is 0 Å². The summed E-state index contributed by atoms with van der Waals surface area (Å²) in [6.45, 7) is 0. The molecule has 7 aromatic rings. The smallest absolute Gasteiger partial charge is 0.113 e. The van der Waals surface area contributed by atoms with Gasteiger partial charge < -0.3 is 0 Å². The van der Waals surface area contributed by atoms with Crippen molar-refractivity contribution in [3.63, 3.8) is 0 Å². The zero-order valence-corrected chi connectivity index (χ0v) is 26.5. The van der Waals surface area contributed by atoms with E-state index in [9.17, 15) is 0 Å². The Morgan fingerprint density at radius 3 is 0.875 bits per heavy atom. The molecule has 1 nitrogen and oxygen atoms in total. The number of benzene rings is 6. The predicted molar refractivity (Wildman–Crippen MR) is 196 cm³/mol. The van der Waals surface area contributed by atoms with Crippen molar-refractivity contribution in [3.8, 4) is 23.7 Å². The molecule has 7 rings (SSSR count). The van der Waals surface area contributed by atoms with E-state index in [1.54, 1.807) is 0 Å². The van der Waals surface area contributed by atoms with Crippen LogP contribution in [0.25, 0.3) is 0 Å². The van der Waals surface area contributed by atoms with E-state index in [2.05, 4.69) is 169 Å². The van der Waals surface area contributed by atoms with E-state index in [0.29, 0.717) is 5.69 Å². The summed E-state index contributed by atoms with van der Waals surface area (Å²) in [5, 5.41) is 0. The summed E-state index contributed by atoms with van der Waals surface area (Å²) in [6.07, 6.45) is 1.83. The van der Waals surface area contributed by atoms with E-state index in [1.807, 2.05) is 54.7 Å². The van der Waals surface area contributed by atoms with Crippen molar-refractivity contribution in [2.24, 2.45) is 0 Å². The molecular weight excluding hydrogens is 579 g/mol. The summed E-state index contributed by atoms with van der Waals surface area (Å²) >= 11 is 0. The average Bonchev–Trinajstić information content (AvgIpc) is 3.18. The topological polar surface area (TPSA) is 12.9 Å². The Bertz CT molecular complexity index is 1830. The molecule has 1 aromatic heterocycles. The Balaban J connectivity index is 1.32. The Hall–Kier alpha value is -6.41. The molecule has 0 atom stereocenters. The van der Waals surface area contributed by atoms with Crippen molar-refractivity contribution < 1.29 is 0 Å². The van der Waals surface area contributed by atoms with Gasteiger partial charge in [0.2, 0.25) is 0 Å². The largest absolute Gasteiger partial charge is 0.246 e. The lowest BCUT2D eigenvalue weighted by molar-refractivity contribution is 0.809. The van der Waals surface area contributed by atoms with Crippen LogP contribution in [0.1, 0.15) is 44.6 Å². The summed E-state index contributed by atoms with van der Waals surface area (Å²) in [7, 11) is 0. The van der Waals surface area contributed by atoms with Crippen molar-refractivity contribution in [1.82, 2.24) is 4.98 Å². The maximum absolute atomic E-state index is 4.81. The van der Waals surface area contributed by atoms with Crippen molar-refractivity contribution >= 4 is 0 Å². The molecule has 0 N–H and O–H groups in total. The average molecular weight is 612 g/mol. The molecule has 6 aromatic carbocycles. The van der Waals surface area contributed by atoms with Crippen molar-refractivity contribution in [2.75, 3.05) is 0 Å². The van der Waals surface area contributed by atoms with Crippen LogP contribution in [0, 0.1) is 23.7 Å². The Morgan fingerprint density at radius 1 is 0.312 bits per heavy atom. The molecule has 0 saturated heterocycles. The van der Waals surface area contributed by atoms with Crippen molar-refractivity contribution in [2.45, 2.75) is 10.8 Å². The second kappa shape index (κ2) is 13.9. The standard InChI is InChI=1S/C47H33N/c1-7-19-39(20-8-1)46(40-21-9-2-10-22-40,41-23-11-3-12-24-41)35-33-38-31-32-45(48-37-38)34-36-47(42-25-13-4-14-26-42,43-27-15-5-16-28-43)44-29-17-6-18-30-44/h1-32,37H. The Morgan fingerprint density at radius 2 is 0.604 bits per heavy atom. The van der Waals surface area contributed by atoms with Gasteiger partial charge in [0.05, 0.1) is 0 Å². The van der Waals surface area contributed by atoms with Crippen LogP contribution in [0.5, 0.6) is 0 Å². The second-order valence-corrected chi connectivity index (χ2v) is 11.6. The lowest BCUT2D eigenvalue weighted by Crippen LogP contribution is -2.27. The highest BCUT2D eigenvalue weighted by atomic mass is 14.7. The van der Waals surface area contributed by atoms with E-state index >= 15 is 0 Å². The SMILES string of the molecule is C(#CC(c1ccccc1)(c1ccccc1)c1ccccc1)c1ccc(C#CC(c2ccccc2)(c2ccccc2)c2ccccc2)nc1. The second-order valence-electron chi connectivity index (χ2n) is 11.6. The fourth-order valence-corrected chi connectivity index (χ4v) is 6.43. The summed E-state index contributed by atoms with van der Waals surface area (Å²) < 4.78 is 0. The predicted octanol–water partition coefficient (Wildman–Crippen LogP) is 9.85. The molecule has 0 amide bonds. The summed E-state index contributed by atoms with van der Waals surface area (Å²) in [4.78, 5) is 4.81. The highest BCUT2D eigenvalue weighted by Gasteiger charge is 2.35. The number of aromatic nitrogens is 1. The third-order valence-electron chi connectivity index (χ3n) is 8.78. The zero-order chi connectivity index (χ0) is 32.5. The first kappa shape index (κ1) is 30.3. The fourth-order valence-electron chi connectivity index (χ4n) is 6.43. The van der Waals surface area contributed by atoms with Crippen molar-refractivity contribution in [3.05, 3.63) is 245 Å². The van der Waals surface area contributed by atoms with Gasteiger partial charge in [-0.15, -0.1) is 0 Å². The molecule has 0 unspecified atom stereocenters. The van der Waals surface area contributed by atoms with Crippen molar-refractivity contribution in [1.29, 1.82) is 0 Å². The van der Waals surface area contributed by atoms with Gasteiger partial charge in [-0.2, -0.15) is 0 Å². The van der Waals surface area contributed by atoms with Gasteiger partial charge in [-0.3, -0.25) is 0 Å². The lowest BCUT2D eigenvalue weighted by atomic mass is 9.70. The van der Waals surface area contributed by atoms with Crippen LogP contribution in [0.4, 0.5) is 0 Å². The minimum atomic E-state index is -0.676. The molecule has 1 heteroatoms. The van der Waals surface area contributed by atoms with Gasteiger partial charge in [0, 0.05) is 11.8 Å². The van der Waals surface area contributed by atoms with Crippen LogP contribution in [0.15, 0.2) is 200 Å². The molecule has 0 fully saturated rings. The normalized spacial score (nSPS) is 11.0. The lowest BCUT2D eigenvalue weighted by Gasteiger charge is -2.31. The number of pyridine rings is 1. The maximum atomic E-state index is 4.81. The van der Waals surface area contributed by atoms with Crippen LogP contribution in [-0.2, 0) is 10.8 Å². The van der Waals surface area contributed by atoms with Gasteiger partial charge >= 0.3 is 0 Å². The number of rotatable bonds is 6. The quantitative estimate of drug-likeness (QED) is 0.135. The molecule has 0 bridgehead atoms. The third kappa shape index (κ3) is 5.94. The van der Waals surface area contributed by atoms with Crippen LogP contribution >= 0.6 is 0 Å². The Labute approximate surface area is 283 Å². The molecule has 0 radical (unpaired) electrons. The summed E-state index contributed by atoms with van der Waals surface area (Å²) in [5.74, 6) is 14.3. The molecule has 0 saturated carbocycles. The maximum Gasteiger partial charge on any atom is 0.113 e. The van der Waals surface area contributed by atoms with Gasteiger partial charge in [-0.25, -0.2) is 4.98 Å². The van der Waals surface area contributed by atoms with E-state index in [-0.39, 0.29) is 0 Å². The molecule has 0 aliphatic rings. The van der Waals surface area contributed by atoms with Crippen LogP contribution < -0.4 is 0 Å². The van der Waals surface area contributed by atoms with E-state index < -0.39 is 10.8 Å².